The van der Waals surface area contributed by atoms with Gasteiger partial charge in [0, 0.05) is 26.2 Å². The third-order valence-electron chi connectivity index (χ3n) is 8.18. The fraction of sp³-hybridized carbons (Fsp3) is 0.517. The van der Waals surface area contributed by atoms with Gasteiger partial charge in [-0.2, -0.15) is 4.31 Å². The molecule has 1 aliphatic carbocycles. The molecule has 2 saturated heterocycles. The van der Waals surface area contributed by atoms with E-state index >= 15 is 0 Å². The van der Waals surface area contributed by atoms with E-state index in [1.807, 2.05) is 4.90 Å². The van der Waals surface area contributed by atoms with E-state index in [0.717, 1.165) is 18.2 Å². The Kier molecular flexibility index (Phi) is 9.08. The molecule has 0 bridgehead atoms. The molecule has 3 aliphatic rings. The van der Waals surface area contributed by atoms with E-state index in [2.05, 4.69) is 0 Å². The Bertz CT molecular complexity index is 1430. The first-order valence-corrected chi connectivity index (χ1v) is 16.0. The van der Waals surface area contributed by atoms with Crippen LogP contribution in [-0.2, 0) is 24.3 Å². The fourth-order valence-electron chi connectivity index (χ4n) is 5.97. The lowest BCUT2D eigenvalue weighted by Gasteiger charge is -2.45. The Morgan fingerprint density at radius 2 is 1.74 bits per heavy atom. The third-order valence-corrected chi connectivity index (χ3v) is 10.6. The molecule has 0 radical (unpaired) electrons. The summed E-state index contributed by atoms with van der Waals surface area (Å²) in [4.78, 5) is 28.4. The van der Waals surface area contributed by atoms with Crippen molar-refractivity contribution in [1.82, 2.24) is 14.1 Å². The molecular weight excluding hydrogens is 592 g/mol. The maximum Gasteiger partial charge on any atom is 0.410 e. The summed E-state index contributed by atoms with van der Waals surface area (Å²) < 4.78 is 69.1. The number of carbonyl (C=O) groups excluding carboxylic acids is 2. The largest absolute Gasteiger partial charge is 0.465 e. The first-order valence-electron chi connectivity index (χ1n) is 14.1. The van der Waals surface area contributed by atoms with E-state index in [9.17, 15) is 26.8 Å². The van der Waals surface area contributed by atoms with Crippen LogP contribution < -0.4 is 0 Å². The minimum Gasteiger partial charge on any atom is -0.465 e. The van der Waals surface area contributed by atoms with Crippen LogP contribution in [0.4, 0.5) is 13.6 Å². The minimum absolute atomic E-state index is 0.142. The number of esters is 1. The smallest absolute Gasteiger partial charge is 0.410 e. The summed E-state index contributed by atoms with van der Waals surface area (Å²) >= 11 is 6.25. The van der Waals surface area contributed by atoms with Gasteiger partial charge < -0.3 is 14.4 Å². The van der Waals surface area contributed by atoms with Crippen LogP contribution in [0.5, 0.6) is 0 Å². The van der Waals surface area contributed by atoms with E-state index < -0.39 is 45.4 Å². The Morgan fingerprint density at radius 1 is 1.02 bits per heavy atom. The van der Waals surface area contributed by atoms with Crippen LogP contribution >= 0.6 is 11.6 Å². The molecule has 2 atom stereocenters. The van der Waals surface area contributed by atoms with Gasteiger partial charge in [-0.3, -0.25) is 9.69 Å². The average Bonchev–Trinajstić information content (AvgIpc) is 3.73. The van der Waals surface area contributed by atoms with Crippen molar-refractivity contribution in [2.75, 3.05) is 39.3 Å². The Hall–Kier alpha value is -2.80. The van der Waals surface area contributed by atoms with Crippen molar-refractivity contribution >= 4 is 33.7 Å². The number of benzene rings is 2. The van der Waals surface area contributed by atoms with Crippen molar-refractivity contribution in [3.8, 4) is 0 Å². The van der Waals surface area contributed by atoms with Crippen molar-refractivity contribution in [2.24, 2.45) is 0 Å². The lowest BCUT2D eigenvalue weighted by Crippen LogP contribution is -2.55. The highest BCUT2D eigenvalue weighted by atomic mass is 35.5. The lowest BCUT2D eigenvalue weighted by atomic mass is 9.90. The molecule has 2 aliphatic heterocycles. The maximum atomic E-state index is 14.3. The molecule has 0 N–H and O–H groups in total. The number of nitrogens with zero attached hydrogens (tertiary/aromatic N) is 3. The number of piperazine rings is 1. The van der Waals surface area contributed by atoms with Crippen molar-refractivity contribution in [2.45, 2.75) is 61.6 Å². The van der Waals surface area contributed by atoms with Gasteiger partial charge in [-0.15, -0.1) is 0 Å². The average molecular weight is 626 g/mol. The fourth-order valence-corrected chi connectivity index (χ4v) is 8.40. The van der Waals surface area contributed by atoms with Gasteiger partial charge in [0.05, 0.1) is 30.3 Å². The molecule has 9 nitrogen and oxygen atoms in total. The number of amides is 1. The van der Waals surface area contributed by atoms with E-state index in [1.54, 1.807) is 17.9 Å². The molecule has 5 rings (SSSR count). The molecule has 3 fully saturated rings. The Balaban J connectivity index is 1.40. The Labute approximate surface area is 249 Å². The molecule has 2 heterocycles. The summed E-state index contributed by atoms with van der Waals surface area (Å²) in [7, 11) is -4.34. The van der Waals surface area contributed by atoms with Gasteiger partial charge in [0.2, 0.25) is 10.0 Å². The molecular formula is C29H34ClF2N3O6S. The highest BCUT2D eigenvalue weighted by Crippen LogP contribution is 2.53. The Morgan fingerprint density at radius 3 is 2.38 bits per heavy atom. The van der Waals surface area contributed by atoms with Gasteiger partial charge in [0.25, 0.3) is 0 Å². The van der Waals surface area contributed by atoms with Crippen LogP contribution in [0.2, 0.25) is 5.02 Å². The zero-order chi connectivity index (χ0) is 30.1. The maximum absolute atomic E-state index is 14.3. The van der Waals surface area contributed by atoms with Crippen LogP contribution in [-0.4, -0.2) is 85.6 Å². The highest BCUT2D eigenvalue weighted by molar-refractivity contribution is 7.89. The molecule has 228 valence electrons. The molecule has 0 aromatic heterocycles. The van der Waals surface area contributed by atoms with Crippen LogP contribution in [0.1, 0.15) is 50.6 Å². The van der Waals surface area contributed by atoms with E-state index in [-0.39, 0.29) is 22.4 Å². The lowest BCUT2D eigenvalue weighted by molar-refractivity contribution is -0.144. The van der Waals surface area contributed by atoms with E-state index in [1.165, 1.54) is 22.5 Å². The summed E-state index contributed by atoms with van der Waals surface area (Å²) in [6.07, 6.45) is 1.85. The molecule has 2 aromatic rings. The quantitative estimate of drug-likeness (QED) is 0.391. The number of piperidine rings is 1. The zero-order valence-electron chi connectivity index (χ0n) is 23.3. The highest BCUT2D eigenvalue weighted by Gasteiger charge is 2.60. The number of hydrogen-bond donors (Lipinski definition) is 0. The van der Waals surface area contributed by atoms with Crippen molar-refractivity contribution < 1.29 is 36.3 Å². The van der Waals surface area contributed by atoms with Gasteiger partial charge in [-0.05, 0) is 74.9 Å². The van der Waals surface area contributed by atoms with Gasteiger partial charge in [-0.1, -0.05) is 23.7 Å². The third kappa shape index (κ3) is 6.41. The van der Waals surface area contributed by atoms with Gasteiger partial charge in [0.15, 0.2) is 0 Å². The van der Waals surface area contributed by atoms with Crippen LogP contribution in [0.25, 0.3) is 0 Å². The molecule has 1 saturated carbocycles. The number of ether oxygens (including phenoxy) is 2. The summed E-state index contributed by atoms with van der Waals surface area (Å²) in [6, 6.07) is 7.42. The predicted molar refractivity (Wildman–Crippen MR) is 150 cm³/mol. The monoisotopic (exact) mass is 625 g/mol. The van der Waals surface area contributed by atoms with E-state index in [4.69, 9.17) is 21.1 Å². The van der Waals surface area contributed by atoms with Gasteiger partial charge in [-0.25, -0.2) is 22.0 Å². The van der Waals surface area contributed by atoms with Gasteiger partial charge in [0.1, 0.15) is 22.1 Å². The second kappa shape index (κ2) is 12.4. The minimum atomic E-state index is -4.34. The first kappa shape index (κ1) is 30.7. The van der Waals surface area contributed by atoms with Crippen molar-refractivity contribution in [3.63, 3.8) is 0 Å². The second-order valence-corrected chi connectivity index (χ2v) is 13.1. The number of hydrogen-bond acceptors (Lipinski definition) is 7. The number of rotatable bonds is 8. The SMILES string of the molecule is CCOC(=O)CN1CCN(C(=O)OC2([C@H]3CCC[C@@H](c4cccc(F)c4)N3S(=O)(=O)c3ccc(F)cc3Cl)CC2)CC1. The van der Waals surface area contributed by atoms with Crippen LogP contribution in [0.15, 0.2) is 47.4 Å². The second-order valence-electron chi connectivity index (χ2n) is 10.9. The number of halogens is 3. The first-order chi connectivity index (χ1) is 20.0. The zero-order valence-corrected chi connectivity index (χ0v) is 24.9. The van der Waals surface area contributed by atoms with Crippen molar-refractivity contribution in [1.29, 1.82) is 0 Å². The molecule has 1 amide bonds. The molecule has 13 heteroatoms. The molecule has 42 heavy (non-hydrogen) atoms. The summed E-state index contributed by atoms with van der Waals surface area (Å²) in [5.74, 6) is -1.50. The standard InChI is InChI=1S/C29H34ClF2N3O6S/c1-2-40-27(36)19-33-13-15-34(16-14-33)28(37)41-29(11-12-29)26-8-4-7-24(20-5-3-6-21(31)17-20)35(26)42(38,39)25-10-9-22(32)18-23(25)30/h3,5-6,9-10,17-18,24,26H,2,4,7-8,11-16,19H2,1H3/t24-,26+/m0/s1. The topological polar surface area (TPSA) is 96.5 Å². The van der Waals surface area contributed by atoms with E-state index in [0.29, 0.717) is 70.5 Å². The number of carbonyl (C=O) groups is 2. The summed E-state index contributed by atoms with van der Waals surface area (Å²) in [5.41, 5.74) is -0.591. The normalized spacial score (nSPS) is 22.9. The molecule has 2 aromatic carbocycles. The number of sulfonamides is 1. The summed E-state index contributed by atoms with van der Waals surface area (Å²) in [6.45, 7) is 3.81. The summed E-state index contributed by atoms with van der Waals surface area (Å²) in [5, 5.41) is -0.264. The predicted octanol–water partition coefficient (Wildman–Crippen LogP) is 4.75. The molecule has 0 unspecified atom stereocenters. The van der Waals surface area contributed by atoms with Gasteiger partial charge >= 0.3 is 12.1 Å². The molecule has 0 spiro atoms. The van der Waals surface area contributed by atoms with Crippen molar-refractivity contribution in [3.05, 3.63) is 64.7 Å². The van der Waals surface area contributed by atoms with Crippen LogP contribution in [0, 0.1) is 11.6 Å². The van der Waals surface area contributed by atoms with Crippen LogP contribution in [0.3, 0.4) is 0 Å².